The highest BCUT2D eigenvalue weighted by atomic mass is 19.3. The van der Waals surface area contributed by atoms with Crippen LogP contribution in [0.4, 0.5) is 79.0 Å². The van der Waals surface area contributed by atoms with E-state index in [1.807, 2.05) is 0 Å². The molecule has 37 heteroatoms. The van der Waals surface area contributed by atoms with Crippen LogP contribution >= 0.6 is 0 Å². The Morgan fingerprint density at radius 2 is 0.506 bits per heavy atom. The SMILES string of the molecule is C=CC(=O)OCCC(F)(F)OC(F)(F)C(COCC(F)(F)COC(=O)C=C)(COCC(F)(F)COC(=O)C=C)COCC(COCC(F)(F)COC(=O)C=C)(C(F)(F)OC(F)(F)CCOC(=O)C=C)C(F)(F)OC(F)(F)CCOC(=O)C=C. The van der Waals surface area contributed by atoms with Gasteiger partial charge in [-0.05, 0) is 0 Å². The van der Waals surface area contributed by atoms with Crippen molar-refractivity contribution in [3.8, 4) is 0 Å². The average Bonchev–Trinajstić information content (AvgIpc) is 3.36. The minimum Gasteiger partial charge on any atom is -0.462 e. The first-order valence-corrected chi connectivity index (χ1v) is 22.5. The van der Waals surface area contributed by atoms with Crippen LogP contribution in [0.5, 0.6) is 0 Å². The van der Waals surface area contributed by atoms with Crippen LogP contribution in [0.3, 0.4) is 0 Å². The van der Waals surface area contributed by atoms with E-state index in [4.69, 9.17) is 0 Å². The second-order valence-electron chi connectivity index (χ2n) is 16.5. The fraction of sp³-hybridized carbons (Fsp3) is 0.609. The van der Waals surface area contributed by atoms with Crippen molar-refractivity contribution in [1.29, 1.82) is 0 Å². The molecule has 0 fully saturated rings. The van der Waals surface area contributed by atoms with Gasteiger partial charge in [0, 0.05) is 36.5 Å². The smallest absolute Gasteiger partial charge is 0.378 e. The summed E-state index contributed by atoms with van der Waals surface area (Å²) < 4.78 is 335. The molecule has 0 aromatic carbocycles. The number of hydrogen-bond acceptors (Lipinski definition) is 19. The van der Waals surface area contributed by atoms with Gasteiger partial charge >= 0.3 is 90.2 Å². The van der Waals surface area contributed by atoms with Gasteiger partial charge in [-0.2, -0.15) is 52.7 Å². The van der Waals surface area contributed by atoms with Crippen LogP contribution in [0, 0.1) is 10.8 Å². The molecule has 19 nitrogen and oxygen atoms in total. The number of hydrogen-bond donors (Lipinski definition) is 0. The Labute approximate surface area is 457 Å². The van der Waals surface area contributed by atoms with Crippen molar-refractivity contribution in [2.45, 2.75) is 73.7 Å². The van der Waals surface area contributed by atoms with Gasteiger partial charge in [0.1, 0.15) is 25.2 Å². The number of carbonyl (C=O) groups excluding carboxylic acids is 6. The van der Waals surface area contributed by atoms with E-state index < -0.39 is 213 Å². The second-order valence-corrected chi connectivity index (χ2v) is 16.5. The van der Waals surface area contributed by atoms with Crippen molar-refractivity contribution in [1.82, 2.24) is 0 Å². The van der Waals surface area contributed by atoms with Crippen LogP contribution in [0.1, 0.15) is 19.3 Å². The second kappa shape index (κ2) is 32.7. The van der Waals surface area contributed by atoms with Gasteiger partial charge in [-0.15, -0.1) is 0 Å². The molecule has 0 bridgehead atoms. The van der Waals surface area contributed by atoms with Gasteiger partial charge in [0.05, 0.1) is 72.1 Å². The lowest BCUT2D eigenvalue weighted by molar-refractivity contribution is -0.498. The Bertz CT molecular complexity index is 2120. The maximum atomic E-state index is 16.8. The molecule has 83 heavy (non-hydrogen) atoms. The Hall–Kier alpha value is -6.28. The van der Waals surface area contributed by atoms with Crippen LogP contribution in [0.15, 0.2) is 75.9 Å². The van der Waals surface area contributed by atoms with E-state index in [1.165, 1.54) is 0 Å². The fourth-order valence-electron chi connectivity index (χ4n) is 5.35. The molecule has 0 unspecified atom stereocenters. The third-order valence-corrected chi connectivity index (χ3v) is 9.52. The number of halogens is 18. The number of carbonyl (C=O) groups is 6. The molecule has 0 spiro atoms. The summed E-state index contributed by atoms with van der Waals surface area (Å²) in [6.45, 7) is -16.3. The number of ether oxygens (including phenoxy) is 13. The molecular weight excluding hydrogens is 1200 g/mol. The van der Waals surface area contributed by atoms with Gasteiger partial charge in [0.2, 0.25) is 0 Å². The third-order valence-electron chi connectivity index (χ3n) is 9.52. The van der Waals surface area contributed by atoms with E-state index in [1.54, 1.807) is 0 Å². The molecule has 0 N–H and O–H groups in total. The molecule has 0 aromatic heterocycles. The Balaban J connectivity index is 8.65. The largest absolute Gasteiger partial charge is 0.462 e. The maximum absolute atomic E-state index is 16.8. The quantitative estimate of drug-likeness (QED) is 0.0243. The van der Waals surface area contributed by atoms with Crippen molar-refractivity contribution in [3.63, 3.8) is 0 Å². The lowest BCUT2D eigenvalue weighted by Gasteiger charge is -2.46. The van der Waals surface area contributed by atoms with E-state index in [2.05, 4.69) is 101 Å². The van der Waals surface area contributed by atoms with E-state index in [0.717, 1.165) is 0 Å². The average molecular weight is 1250 g/mol. The highest BCUT2D eigenvalue weighted by Crippen LogP contribution is 2.55. The van der Waals surface area contributed by atoms with E-state index in [0.29, 0.717) is 30.4 Å². The predicted octanol–water partition coefficient (Wildman–Crippen LogP) is 8.08. The zero-order chi connectivity index (χ0) is 64.4. The van der Waals surface area contributed by atoms with Gasteiger partial charge in [-0.25, -0.2) is 55.1 Å². The molecule has 476 valence electrons. The van der Waals surface area contributed by atoms with Crippen molar-refractivity contribution in [2.75, 3.05) is 92.5 Å². The Kier molecular flexibility index (Phi) is 30.2. The molecule has 0 saturated carbocycles. The summed E-state index contributed by atoms with van der Waals surface area (Å²) in [6, 6.07) is 0. The van der Waals surface area contributed by atoms with Crippen molar-refractivity contribution >= 4 is 35.8 Å². The molecule has 0 heterocycles. The molecular formula is C46H52F18O19. The third kappa shape index (κ3) is 27.8. The van der Waals surface area contributed by atoms with Crippen LogP contribution < -0.4 is 0 Å². The van der Waals surface area contributed by atoms with Crippen molar-refractivity contribution in [2.24, 2.45) is 10.8 Å². The van der Waals surface area contributed by atoms with Crippen LogP contribution in [-0.2, 0) is 90.3 Å². The molecule has 0 rings (SSSR count). The first-order chi connectivity index (χ1) is 37.9. The Morgan fingerprint density at radius 3 is 0.759 bits per heavy atom. The summed E-state index contributed by atoms with van der Waals surface area (Å²) in [5, 5.41) is 0. The van der Waals surface area contributed by atoms with E-state index in [9.17, 15) is 55.1 Å². The topological polar surface area (TPSA) is 222 Å². The Morgan fingerprint density at radius 1 is 0.289 bits per heavy atom. The molecule has 0 aliphatic carbocycles. The number of rotatable bonds is 46. The standard InChI is InChI=1S/C46H52F18O19/c1-7-30(65)75-16-13-41(53,54)81-44(59,60)36(20-72-24-38(47,48)27-78-33(68)10-4,21-73-25-39(49,50)28-79-34(69)11-5)19-71-22-37(23-74-26-40(51,52)29-80-35(70)12-6,45(61,62)82-42(55,56)14-17-76-31(66)8-2)46(63,64)83-43(57,58)15-18-77-32(67)9-3/h7-12H,1-6,13-29H2. The lowest BCUT2D eigenvalue weighted by Crippen LogP contribution is -2.65. The zero-order valence-electron chi connectivity index (χ0n) is 42.8. The molecule has 0 aromatic rings. The molecule has 0 amide bonds. The normalized spacial score (nSPS) is 13.2. The first kappa shape index (κ1) is 76.7. The highest BCUT2D eigenvalue weighted by Gasteiger charge is 2.75. The number of esters is 6. The molecule has 0 atom stereocenters. The van der Waals surface area contributed by atoms with Gasteiger partial charge < -0.3 is 47.4 Å². The monoisotopic (exact) mass is 1250 g/mol. The van der Waals surface area contributed by atoms with Gasteiger partial charge in [-0.1, -0.05) is 39.5 Å². The van der Waals surface area contributed by atoms with E-state index in [-0.39, 0.29) is 6.08 Å². The molecule has 0 aliphatic heterocycles. The van der Waals surface area contributed by atoms with Gasteiger partial charge in [-0.3, -0.25) is 14.2 Å². The first-order valence-electron chi connectivity index (χ1n) is 22.5. The highest BCUT2D eigenvalue weighted by molar-refractivity contribution is 5.82. The summed E-state index contributed by atoms with van der Waals surface area (Å²) >= 11 is 0. The summed E-state index contributed by atoms with van der Waals surface area (Å²) in [7, 11) is 0. The fourth-order valence-corrected chi connectivity index (χ4v) is 5.35. The minimum absolute atomic E-state index is 0.248. The zero-order valence-corrected chi connectivity index (χ0v) is 42.8. The van der Waals surface area contributed by atoms with E-state index >= 15 is 52.7 Å². The maximum Gasteiger partial charge on any atom is 0.378 e. The van der Waals surface area contributed by atoms with Crippen molar-refractivity contribution < 1.29 is 169 Å². The summed E-state index contributed by atoms with van der Waals surface area (Å²) in [5.74, 6) is -23.6. The molecule has 0 aliphatic rings. The van der Waals surface area contributed by atoms with Crippen LogP contribution in [-0.4, -0.2) is 183 Å². The summed E-state index contributed by atoms with van der Waals surface area (Å²) in [6.07, 6.45) is -42.0. The van der Waals surface area contributed by atoms with Gasteiger partial charge in [0.25, 0.3) is 0 Å². The van der Waals surface area contributed by atoms with Crippen LogP contribution in [0.2, 0.25) is 0 Å². The van der Waals surface area contributed by atoms with Gasteiger partial charge in [0.15, 0.2) is 25.2 Å². The van der Waals surface area contributed by atoms with Crippen LogP contribution in [0.25, 0.3) is 0 Å². The minimum atomic E-state index is -6.88. The summed E-state index contributed by atoms with van der Waals surface area (Å²) in [4.78, 5) is 68.7. The molecule has 0 radical (unpaired) electrons. The number of alkyl halides is 18. The molecule has 0 saturated heterocycles. The summed E-state index contributed by atoms with van der Waals surface area (Å²) in [5.41, 5.74) is -10.6. The lowest BCUT2D eigenvalue weighted by atomic mass is 9.85. The predicted molar refractivity (Wildman–Crippen MR) is 237 cm³/mol. The van der Waals surface area contributed by atoms with Crippen molar-refractivity contribution in [3.05, 3.63) is 75.9 Å².